The smallest absolute Gasteiger partial charge is 0.154 e. The zero-order chi connectivity index (χ0) is 26.8. The zero-order valence-corrected chi connectivity index (χ0v) is 22.5. The largest absolute Gasteiger partial charge is 0.369 e. The van der Waals surface area contributed by atoms with Crippen LogP contribution in [-0.2, 0) is 13.6 Å². The Morgan fingerprint density at radius 3 is 2.54 bits per heavy atom. The van der Waals surface area contributed by atoms with Crippen LogP contribution in [0.4, 0.5) is 17.3 Å². The molecule has 0 amide bonds. The highest BCUT2D eigenvalue weighted by atomic mass is 15.3. The molecule has 0 spiro atoms. The predicted octanol–water partition coefficient (Wildman–Crippen LogP) is 4.40. The van der Waals surface area contributed by atoms with Crippen LogP contribution in [0.1, 0.15) is 31.0 Å². The van der Waals surface area contributed by atoms with Gasteiger partial charge in [-0.1, -0.05) is 13.8 Å². The Balaban J connectivity index is 1.20. The first-order valence-electron chi connectivity index (χ1n) is 13.3. The van der Waals surface area contributed by atoms with Gasteiger partial charge < -0.3 is 10.2 Å². The standard InChI is InChI=1S/C29H32N10/c1-20(2)21-15-29(35-32-17-21)34-28-5-4-25-26(33-28)14-22(16-31-25)24-18-37(3)36-27(24)19-38-10-12-39(13-11-38)23-6-8-30-9-7-23/h4-9,14-18,20H,10-13,19H2,1-3H3,(H,33,34,35). The number of aromatic nitrogens is 7. The summed E-state index contributed by atoms with van der Waals surface area (Å²) < 4.78 is 1.88. The summed E-state index contributed by atoms with van der Waals surface area (Å²) in [7, 11) is 1.97. The fraction of sp³-hybridized carbons (Fsp3) is 0.310. The van der Waals surface area contributed by atoms with Crippen molar-refractivity contribution in [2.75, 3.05) is 36.4 Å². The number of piperazine rings is 1. The molecule has 6 heterocycles. The van der Waals surface area contributed by atoms with Crippen LogP contribution in [0.3, 0.4) is 0 Å². The molecule has 0 atom stereocenters. The van der Waals surface area contributed by atoms with Crippen molar-refractivity contribution in [3.8, 4) is 11.1 Å². The van der Waals surface area contributed by atoms with Crippen molar-refractivity contribution in [2.24, 2.45) is 7.05 Å². The summed E-state index contributed by atoms with van der Waals surface area (Å²) in [5.74, 6) is 1.75. The van der Waals surface area contributed by atoms with Crippen LogP contribution in [0.2, 0.25) is 0 Å². The van der Waals surface area contributed by atoms with Crippen molar-refractivity contribution in [1.29, 1.82) is 0 Å². The zero-order valence-electron chi connectivity index (χ0n) is 22.5. The van der Waals surface area contributed by atoms with E-state index in [9.17, 15) is 0 Å². The fourth-order valence-corrected chi connectivity index (χ4v) is 4.94. The number of fused-ring (bicyclic) bond motifs is 1. The van der Waals surface area contributed by atoms with E-state index in [2.05, 4.69) is 68.5 Å². The molecule has 5 aromatic heterocycles. The van der Waals surface area contributed by atoms with E-state index in [-0.39, 0.29) is 0 Å². The minimum absolute atomic E-state index is 0.372. The Morgan fingerprint density at radius 1 is 0.923 bits per heavy atom. The summed E-state index contributed by atoms with van der Waals surface area (Å²) in [6, 6.07) is 12.1. The van der Waals surface area contributed by atoms with Gasteiger partial charge in [-0.15, -0.1) is 5.10 Å². The highest BCUT2D eigenvalue weighted by Gasteiger charge is 2.20. The van der Waals surface area contributed by atoms with Gasteiger partial charge >= 0.3 is 0 Å². The van der Waals surface area contributed by atoms with Crippen LogP contribution >= 0.6 is 0 Å². The van der Waals surface area contributed by atoms with E-state index in [1.54, 1.807) is 6.20 Å². The maximum Gasteiger partial charge on any atom is 0.154 e. The van der Waals surface area contributed by atoms with Crippen LogP contribution in [-0.4, -0.2) is 66.0 Å². The lowest BCUT2D eigenvalue weighted by Gasteiger charge is -2.35. The van der Waals surface area contributed by atoms with Gasteiger partial charge in [-0.2, -0.15) is 10.2 Å². The third kappa shape index (κ3) is 5.56. The minimum Gasteiger partial charge on any atom is -0.369 e. The van der Waals surface area contributed by atoms with Crippen LogP contribution in [0.5, 0.6) is 0 Å². The quantitative estimate of drug-likeness (QED) is 0.334. The predicted molar refractivity (Wildman–Crippen MR) is 153 cm³/mol. The number of hydrogen-bond acceptors (Lipinski definition) is 9. The van der Waals surface area contributed by atoms with Gasteiger partial charge in [0.2, 0.25) is 0 Å². The van der Waals surface area contributed by atoms with Gasteiger partial charge in [0.25, 0.3) is 0 Å². The third-order valence-corrected chi connectivity index (χ3v) is 7.13. The van der Waals surface area contributed by atoms with E-state index in [0.717, 1.165) is 66.1 Å². The summed E-state index contributed by atoms with van der Waals surface area (Å²) in [5.41, 5.74) is 7.14. The van der Waals surface area contributed by atoms with Crippen LogP contribution in [0.15, 0.2) is 67.4 Å². The molecule has 1 aliphatic heterocycles. The molecule has 0 aromatic carbocycles. The maximum atomic E-state index is 4.83. The molecule has 0 saturated carbocycles. The summed E-state index contributed by atoms with van der Waals surface area (Å²) in [6.45, 7) is 8.98. The molecule has 1 aliphatic rings. The second-order valence-electron chi connectivity index (χ2n) is 10.2. The van der Waals surface area contributed by atoms with Crippen LogP contribution in [0.25, 0.3) is 22.2 Å². The second kappa shape index (κ2) is 10.7. The molecule has 1 N–H and O–H groups in total. The molecule has 0 unspecified atom stereocenters. The lowest BCUT2D eigenvalue weighted by atomic mass is 10.1. The monoisotopic (exact) mass is 520 g/mol. The van der Waals surface area contributed by atoms with E-state index >= 15 is 0 Å². The first-order valence-corrected chi connectivity index (χ1v) is 13.3. The highest BCUT2D eigenvalue weighted by Crippen LogP contribution is 2.27. The summed E-state index contributed by atoms with van der Waals surface area (Å²) in [5, 5.41) is 16.4. The van der Waals surface area contributed by atoms with Gasteiger partial charge in [0.1, 0.15) is 5.82 Å². The molecule has 10 nitrogen and oxygen atoms in total. The average molecular weight is 521 g/mol. The van der Waals surface area contributed by atoms with Gasteiger partial charge in [0.15, 0.2) is 5.82 Å². The van der Waals surface area contributed by atoms with Crippen molar-refractivity contribution in [1.82, 2.24) is 39.8 Å². The van der Waals surface area contributed by atoms with Gasteiger partial charge in [-0.05, 0) is 47.9 Å². The molecule has 6 rings (SSSR count). The van der Waals surface area contributed by atoms with Crippen molar-refractivity contribution in [3.05, 3.63) is 78.6 Å². The lowest BCUT2D eigenvalue weighted by Crippen LogP contribution is -2.46. The molecule has 0 radical (unpaired) electrons. The molecule has 10 heteroatoms. The Morgan fingerprint density at radius 2 is 1.74 bits per heavy atom. The Kier molecular flexibility index (Phi) is 6.85. The molecule has 198 valence electrons. The molecule has 39 heavy (non-hydrogen) atoms. The van der Waals surface area contributed by atoms with Crippen molar-refractivity contribution in [3.63, 3.8) is 0 Å². The van der Waals surface area contributed by atoms with Gasteiger partial charge in [0, 0.05) is 81.4 Å². The van der Waals surface area contributed by atoms with Crippen LogP contribution in [0, 0.1) is 0 Å². The minimum atomic E-state index is 0.372. The van der Waals surface area contributed by atoms with Crippen LogP contribution < -0.4 is 10.2 Å². The van der Waals surface area contributed by atoms with Crippen molar-refractivity contribution >= 4 is 28.4 Å². The third-order valence-electron chi connectivity index (χ3n) is 7.13. The first-order chi connectivity index (χ1) is 19.0. The van der Waals surface area contributed by atoms with E-state index in [1.807, 2.05) is 48.5 Å². The fourth-order valence-electron chi connectivity index (χ4n) is 4.94. The topological polar surface area (TPSA) is 101 Å². The maximum absolute atomic E-state index is 4.83. The van der Waals surface area contributed by atoms with Crippen molar-refractivity contribution < 1.29 is 0 Å². The Hall–Kier alpha value is -4.44. The Labute approximate surface area is 227 Å². The van der Waals surface area contributed by atoms with Gasteiger partial charge in [-0.3, -0.25) is 19.5 Å². The molecular weight excluding hydrogens is 488 g/mol. The molecule has 0 aliphatic carbocycles. The van der Waals surface area contributed by atoms with E-state index in [4.69, 9.17) is 15.1 Å². The van der Waals surface area contributed by atoms with Crippen molar-refractivity contribution in [2.45, 2.75) is 26.3 Å². The number of aryl methyl sites for hydroxylation is 1. The molecule has 1 fully saturated rings. The summed E-state index contributed by atoms with van der Waals surface area (Å²) in [6.07, 6.45) is 9.49. The summed E-state index contributed by atoms with van der Waals surface area (Å²) >= 11 is 0. The second-order valence-corrected chi connectivity index (χ2v) is 10.2. The lowest BCUT2D eigenvalue weighted by molar-refractivity contribution is 0.247. The molecule has 1 saturated heterocycles. The van der Waals surface area contributed by atoms with E-state index < -0.39 is 0 Å². The molecule has 0 bridgehead atoms. The number of hydrogen-bond donors (Lipinski definition) is 1. The number of nitrogens with one attached hydrogen (secondary N) is 1. The summed E-state index contributed by atoms with van der Waals surface area (Å²) in [4.78, 5) is 18.5. The number of pyridine rings is 3. The van der Waals surface area contributed by atoms with Gasteiger partial charge in [-0.25, -0.2) is 4.98 Å². The Bertz CT molecular complexity index is 1570. The highest BCUT2D eigenvalue weighted by molar-refractivity contribution is 5.82. The SMILES string of the molecule is CC(C)c1cnnc(Nc2ccc3ncc(-c4cn(C)nc4CN4CCN(c5ccncc5)CC4)cc3n2)c1. The normalized spacial score (nSPS) is 14.3. The molecule has 5 aromatic rings. The van der Waals surface area contributed by atoms with E-state index in [0.29, 0.717) is 17.6 Å². The van der Waals surface area contributed by atoms with Gasteiger partial charge in [0.05, 0.1) is 22.9 Å². The van der Waals surface area contributed by atoms with E-state index in [1.165, 1.54) is 5.69 Å². The molecular formula is C29H32N10. The number of anilines is 3. The first kappa shape index (κ1) is 24.9. The number of nitrogens with zero attached hydrogens (tertiary/aromatic N) is 9. The average Bonchev–Trinajstić information content (AvgIpc) is 3.33. The number of rotatable bonds is 7.